The number of amides is 2. The van der Waals surface area contributed by atoms with Crippen molar-refractivity contribution < 1.29 is 28.8 Å². The first-order chi connectivity index (χ1) is 12.1. The van der Waals surface area contributed by atoms with Gasteiger partial charge in [0.25, 0.3) is 11.8 Å². The van der Waals surface area contributed by atoms with E-state index in [0.717, 1.165) is 31.5 Å². The minimum absolute atomic E-state index is 0.133. The van der Waals surface area contributed by atoms with Crippen molar-refractivity contribution in [3.05, 3.63) is 12.2 Å². The van der Waals surface area contributed by atoms with Gasteiger partial charge < -0.3 is 10.2 Å². The average molecular weight is 356 g/mol. The van der Waals surface area contributed by atoms with E-state index in [1.807, 2.05) is 20.9 Å². The van der Waals surface area contributed by atoms with Crippen molar-refractivity contribution in [2.75, 3.05) is 13.6 Å². The van der Waals surface area contributed by atoms with E-state index >= 15 is 0 Å². The Labute approximate surface area is 148 Å². The molecule has 0 radical (unpaired) electrons. The van der Waals surface area contributed by atoms with Crippen LogP contribution in [0.3, 0.4) is 0 Å². The normalized spacial score (nSPS) is 12.8. The van der Waals surface area contributed by atoms with Crippen molar-refractivity contribution in [1.82, 2.24) is 10.4 Å². The number of allylic oxidation sites excluding steroid dienone is 2. The molecule has 25 heavy (non-hydrogen) atoms. The minimum atomic E-state index is -0.516. The summed E-state index contributed by atoms with van der Waals surface area (Å²) in [5, 5.41) is 3.61. The van der Waals surface area contributed by atoms with Crippen molar-refractivity contribution in [2.24, 2.45) is 0 Å². The predicted octanol–water partition coefficient (Wildman–Crippen LogP) is 1.34. The van der Waals surface area contributed by atoms with Crippen LogP contribution in [-0.2, 0) is 28.8 Å². The number of rotatable bonds is 9. The Morgan fingerprint density at radius 2 is 1.56 bits per heavy atom. The molecule has 8 nitrogen and oxygen atoms in total. The third-order valence-corrected chi connectivity index (χ3v) is 2.77. The van der Waals surface area contributed by atoms with E-state index in [9.17, 15) is 24.0 Å². The molecule has 0 atom stereocenters. The van der Waals surface area contributed by atoms with Crippen LogP contribution in [0, 0.1) is 0 Å². The first kappa shape index (κ1) is 24.9. The van der Waals surface area contributed by atoms with Gasteiger partial charge in [-0.05, 0) is 38.6 Å². The predicted molar refractivity (Wildman–Crippen MR) is 92.2 cm³/mol. The van der Waals surface area contributed by atoms with Crippen molar-refractivity contribution in [1.29, 1.82) is 0 Å². The number of hydroxylamine groups is 2. The van der Waals surface area contributed by atoms with Gasteiger partial charge in [0.1, 0.15) is 12.6 Å². The summed E-state index contributed by atoms with van der Waals surface area (Å²) in [4.78, 5) is 57.0. The highest BCUT2D eigenvalue weighted by Gasteiger charge is 2.32. The smallest absolute Gasteiger partial charge is 0.330 e. The third kappa shape index (κ3) is 13.8. The van der Waals surface area contributed by atoms with Crippen LogP contribution in [0.2, 0.25) is 0 Å². The number of carbonyl (C=O) groups is 5. The van der Waals surface area contributed by atoms with Crippen LogP contribution in [-0.4, -0.2) is 49.0 Å². The fourth-order valence-corrected chi connectivity index (χ4v) is 1.64. The SMILES string of the molecule is CC.CNCCCCCC(=O)ON1C(=O)CCC1=O.O=C/C=C\C=O. The molecule has 0 aromatic carbocycles. The first-order valence-corrected chi connectivity index (χ1v) is 8.33. The van der Waals surface area contributed by atoms with Gasteiger partial charge in [-0.2, -0.15) is 0 Å². The molecule has 0 spiro atoms. The van der Waals surface area contributed by atoms with Crippen molar-refractivity contribution in [2.45, 2.75) is 52.4 Å². The molecule has 0 aromatic heterocycles. The second-order valence-electron chi connectivity index (χ2n) is 4.62. The maximum absolute atomic E-state index is 11.3. The molecule has 142 valence electrons. The molecule has 0 aliphatic carbocycles. The van der Waals surface area contributed by atoms with E-state index in [2.05, 4.69) is 5.32 Å². The highest BCUT2D eigenvalue weighted by molar-refractivity contribution is 6.01. The lowest BCUT2D eigenvalue weighted by atomic mass is 10.2. The van der Waals surface area contributed by atoms with Gasteiger partial charge in [0, 0.05) is 19.3 Å². The van der Waals surface area contributed by atoms with Gasteiger partial charge in [-0.1, -0.05) is 20.3 Å². The summed E-state index contributed by atoms with van der Waals surface area (Å²) >= 11 is 0. The van der Waals surface area contributed by atoms with E-state index < -0.39 is 17.8 Å². The van der Waals surface area contributed by atoms with Crippen molar-refractivity contribution in [3.8, 4) is 0 Å². The minimum Gasteiger partial charge on any atom is -0.330 e. The maximum Gasteiger partial charge on any atom is 0.333 e. The molecule has 1 N–H and O–H groups in total. The largest absolute Gasteiger partial charge is 0.333 e. The Balaban J connectivity index is 0. The van der Waals surface area contributed by atoms with Gasteiger partial charge in [-0.25, -0.2) is 4.79 Å². The number of nitrogens with zero attached hydrogens (tertiary/aromatic N) is 1. The summed E-state index contributed by atoms with van der Waals surface area (Å²) < 4.78 is 0. The van der Waals surface area contributed by atoms with E-state index in [1.54, 1.807) is 0 Å². The molecule has 0 unspecified atom stereocenters. The second kappa shape index (κ2) is 18.0. The Bertz CT molecular complexity index is 422. The zero-order valence-corrected chi connectivity index (χ0v) is 15.2. The number of hydrogen-bond acceptors (Lipinski definition) is 7. The molecule has 2 amide bonds. The van der Waals surface area contributed by atoms with Crippen LogP contribution in [0.5, 0.6) is 0 Å². The van der Waals surface area contributed by atoms with Gasteiger partial charge in [0.05, 0.1) is 0 Å². The molecule has 8 heteroatoms. The van der Waals surface area contributed by atoms with E-state index in [-0.39, 0.29) is 19.3 Å². The molecule has 1 fully saturated rings. The molecule has 1 heterocycles. The van der Waals surface area contributed by atoms with Gasteiger partial charge in [0.15, 0.2) is 0 Å². The third-order valence-electron chi connectivity index (χ3n) is 2.77. The quantitative estimate of drug-likeness (QED) is 0.287. The molecule has 0 saturated carbocycles. The number of aldehydes is 2. The van der Waals surface area contributed by atoms with Crippen LogP contribution in [0.25, 0.3) is 0 Å². The molecule has 0 aromatic rings. The monoisotopic (exact) mass is 356 g/mol. The van der Waals surface area contributed by atoms with Crippen molar-refractivity contribution in [3.63, 3.8) is 0 Å². The Hall–Kier alpha value is -2.35. The van der Waals surface area contributed by atoms with Gasteiger partial charge in [-0.3, -0.25) is 19.2 Å². The zero-order chi connectivity index (χ0) is 19.5. The molecule has 1 rings (SSSR count). The van der Waals surface area contributed by atoms with E-state index in [1.165, 1.54) is 0 Å². The fourth-order valence-electron chi connectivity index (χ4n) is 1.64. The highest BCUT2D eigenvalue weighted by Crippen LogP contribution is 2.13. The van der Waals surface area contributed by atoms with E-state index in [4.69, 9.17) is 4.84 Å². The van der Waals surface area contributed by atoms with E-state index in [0.29, 0.717) is 24.1 Å². The average Bonchev–Trinajstić information content (AvgIpc) is 2.94. The molecular formula is C17H28N2O6. The number of nitrogens with one attached hydrogen (secondary N) is 1. The molecule has 1 saturated heterocycles. The first-order valence-electron chi connectivity index (χ1n) is 8.33. The summed E-state index contributed by atoms with van der Waals surface area (Å²) in [6, 6.07) is 0. The standard InChI is InChI=1S/C11H18N2O4.C4H4O2.C2H6/c1-12-8-4-2-3-5-11(16)17-13-9(14)6-7-10(13)15;5-3-1-2-4-6;1-2/h12H,2-8H2,1H3;1-4H;1-2H3/b;2-1-;. The maximum atomic E-state index is 11.3. The van der Waals surface area contributed by atoms with Crippen LogP contribution >= 0.6 is 0 Å². The number of imide groups is 1. The van der Waals surface area contributed by atoms with Gasteiger partial charge in [-0.15, -0.1) is 5.06 Å². The van der Waals surface area contributed by atoms with Gasteiger partial charge in [0.2, 0.25) is 0 Å². The lowest BCUT2D eigenvalue weighted by Gasteiger charge is -2.12. The summed E-state index contributed by atoms with van der Waals surface area (Å²) in [5.41, 5.74) is 0. The summed E-state index contributed by atoms with van der Waals surface area (Å²) in [6.45, 7) is 4.91. The Morgan fingerprint density at radius 3 is 2.00 bits per heavy atom. The van der Waals surface area contributed by atoms with Gasteiger partial charge >= 0.3 is 5.97 Å². The lowest BCUT2D eigenvalue weighted by Crippen LogP contribution is -2.31. The van der Waals surface area contributed by atoms with Crippen LogP contribution in [0.4, 0.5) is 0 Å². The van der Waals surface area contributed by atoms with Crippen LogP contribution in [0.15, 0.2) is 12.2 Å². The zero-order valence-electron chi connectivity index (χ0n) is 15.2. The number of unbranched alkanes of at least 4 members (excludes halogenated alkanes) is 2. The summed E-state index contributed by atoms with van der Waals surface area (Å²) in [5.74, 6) is -1.38. The highest BCUT2D eigenvalue weighted by atomic mass is 16.7. The van der Waals surface area contributed by atoms with Crippen molar-refractivity contribution >= 4 is 30.4 Å². The molecule has 1 aliphatic rings. The lowest BCUT2D eigenvalue weighted by molar-refractivity contribution is -0.197. The Morgan fingerprint density at radius 1 is 1.04 bits per heavy atom. The number of carbonyl (C=O) groups excluding carboxylic acids is 5. The Kier molecular flexibility index (Phi) is 17.9. The van der Waals surface area contributed by atoms with Crippen LogP contribution in [0.1, 0.15) is 52.4 Å². The van der Waals surface area contributed by atoms with Crippen LogP contribution < -0.4 is 5.32 Å². The molecule has 0 bridgehead atoms. The second-order valence-corrected chi connectivity index (χ2v) is 4.62. The summed E-state index contributed by atoms with van der Waals surface area (Å²) in [6.07, 6.45) is 6.48. The molecular weight excluding hydrogens is 328 g/mol. The number of hydrogen-bond donors (Lipinski definition) is 1. The topological polar surface area (TPSA) is 110 Å². The molecule has 1 aliphatic heterocycles. The fraction of sp³-hybridized carbons (Fsp3) is 0.588. The summed E-state index contributed by atoms with van der Waals surface area (Å²) in [7, 11) is 1.87.